The predicted octanol–water partition coefficient (Wildman–Crippen LogP) is 5.93. The van der Waals surface area contributed by atoms with E-state index in [1.807, 2.05) is 30.3 Å². The molecule has 1 aromatic heterocycles. The van der Waals surface area contributed by atoms with Crippen LogP contribution in [0.4, 0.5) is 0 Å². The van der Waals surface area contributed by atoms with Gasteiger partial charge in [0.15, 0.2) is 6.10 Å². The van der Waals surface area contributed by atoms with Crippen molar-refractivity contribution in [2.24, 2.45) is 0 Å². The van der Waals surface area contributed by atoms with E-state index in [1.165, 1.54) is 35.6 Å². The molecule has 4 aromatic rings. The molecule has 0 amide bonds. The minimum Gasteiger partial charge on any atom is -0.489 e. The molecule has 210 valence electrons. The van der Waals surface area contributed by atoms with Crippen LogP contribution in [0.3, 0.4) is 0 Å². The molecule has 3 unspecified atom stereocenters. The zero-order chi connectivity index (χ0) is 27.9. The summed E-state index contributed by atoms with van der Waals surface area (Å²) in [5.41, 5.74) is 6.90. The van der Waals surface area contributed by atoms with Crippen LogP contribution in [0, 0.1) is 0 Å². The predicted molar refractivity (Wildman–Crippen MR) is 160 cm³/mol. The molecule has 3 aromatic carbocycles. The molecule has 2 fully saturated rings. The Bertz CT molecular complexity index is 1510. The molecule has 4 atom stereocenters. The van der Waals surface area contributed by atoms with Gasteiger partial charge in [0.2, 0.25) is 0 Å². The van der Waals surface area contributed by atoms with Crippen LogP contribution in [-0.2, 0) is 9.53 Å². The van der Waals surface area contributed by atoms with E-state index in [9.17, 15) is 4.79 Å². The van der Waals surface area contributed by atoms with Crippen molar-refractivity contribution in [3.8, 4) is 5.75 Å². The van der Waals surface area contributed by atoms with E-state index in [-0.39, 0.29) is 24.2 Å². The standard InChI is InChI=1S/C35H37N3O3/c1-23(34(41-24(2)39)22-40-33-15-7-14-32-29(33)13-8-16-36-32)37-17-19-38(20-18-37)35-27-11-5-3-9-25(27)30-21-31(30)26-10-4-6-12-28(26)35/h3-16,23,30-31,34-35H,17-22H2,1-2H3/t23?,30?,31?,34-,35?/m1/s1. The average molecular weight is 548 g/mol. The number of piperazine rings is 1. The third-order valence-electron chi connectivity index (χ3n) is 9.32. The second-order valence-electron chi connectivity index (χ2n) is 11.7. The van der Waals surface area contributed by atoms with Crippen molar-refractivity contribution in [1.29, 1.82) is 0 Å². The summed E-state index contributed by atoms with van der Waals surface area (Å²) in [5.74, 6) is 1.78. The number of hydrogen-bond donors (Lipinski definition) is 0. The molecule has 1 saturated carbocycles. The molecular weight excluding hydrogens is 510 g/mol. The normalized spacial score (nSPS) is 23.4. The molecule has 0 bridgehead atoms. The Balaban J connectivity index is 1.08. The van der Waals surface area contributed by atoms with Crippen LogP contribution in [0.2, 0.25) is 0 Å². The van der Waals surface area contributed by atoms with Gasteiger partial charge in [-0.2, -0.15) is 0 Å². The smallest absolute Gasteiger partial charge is 0.303 e. The fourth-order valence-electron chi connectivity index (χ4n) is 7.13. The van der Waals surface area contributed by atoms with Crippen molar-refractivity contribution in [2.75, 3.05) is 32.8 Å². The number of nitrogens with zero attached hydrogens (tertiary/aromatic N) is 3. The van der Waals surface area contributed by atoms with E-state index in [1.54, 1.807) is 6.20 Å². The first-order valence-electron chi connectivity index (χ1n) is 14.9. The Morgan fingerprint density at radius 1 is 0.854 bits per heavy atom. The monoisotopic (exact) mass is 547 g/mol. The van der Waals surface area contributed by atoms with Crippen LogP contribution < -0.4 is 4.74 Å². The fourth-order valence-corrected chi connectivity index (χ4v) is 7.13. The zero-order valence-electron chi connectivity index (χ0n) is 23.8. The summed E-state index contributed by atoms with van der Waals surface area (Å²) in [6, 6.07) is 28.3. The summed E-state index contributed by atoms with van der Waals surface area (Å²) < 4.78 is 12.1. The number of hydrogen-bond acceptors (Lipinski definition) is 6. The number of pyridine rings is 1. The van der Waals surface area contributed by atoms with Crippen molar-refractivity contribution < 1.29 is 14.3 Å². The number of aromatic nitrogens is 1. The van der Waals surface area contributed by atoms with Crippen molar-refractivity contribution in [3.05, 3.63) is 107 Å². The van der Waals surface area contributed by atoms with Gasteiger partial charge in [-0.05, 0) is 71.7 Å². The molecule has 7 rings (SSSR count). The highest BCUT2D eigenvalue weighted by atomic mass is 16.6. The van der Waals surface area contributed by atoms with Crippen molar-refractivity contribution >= 4 is 16.9 Å². The molecule has 2 aliphatic carbocycles. The van der Waals surface area contributed by atoms with Crippen LogP contribution in [0.5, 0.6) is 5.75 Å². The first-order valence-corrected chi connectivity index (χ1v) is 14.9. The summed E-state index contributed by atoms with van der Waals surface area (Å²) >= 11 is 0. The Labute approximate surface area is 241 Å². The molecule has 1 aliphatic heterocycles. The molecule has 41 heavy (non-hydrogen) atoms. The highest BCUT2D eigenvalue weighted by molar-refractivity contribution is 5.84. The first kappa shape index (κ1) is 26.2. The number of ether oxygens (including phenoxy) is 2. The summed E-state index contributed by atoms with van der Waals surface area (Å²) in [4.78, 5) is 21.6. The van der Waals surface area contributed by atoms with Crippen LogP contribution in [0.25, 0.3) is 10.9 Å². The summed E-state index contributed by atoms with van der Waals surface area (Å²) in [6.07, 6.45) is 2.67. The molecule has 1 saturated heterocycles. The maximum Gasteiger partial charge on any atom is 0.303 e. The van der Waals surface area contributed by atoms with Gasteiger partial charge in [-0.3, -0.25) is 19.6 Å². The van der Waals surface area contributed by atoms with Gasteiger partial charge in [-0.25, -0.2) is 0 Å². The largest absolute Gasteiger partial charge is 0.489 e. The van der Waals surface area contributed by atoms with E-state index >= 15 is 0 Å². The minimum atomic E-state index is -0.377. The summed E-state index contributed by atoms with van der Waals surface area (Å²) in [5, 5.41) is 0.958. The molecule has 0 spiro atoms. The van der Waals surface area contributed by atoms with Gasteiger partial charge in [0.25, 0.3) is 0 Å². The lowest BCUT2D eigenvalue weighted by molar-refractivity contribution is -0.152. The Morgan fingerprint density at radius 2 is 1.51 bits per heavy atom. The van der Waals surface area contributed by atoms with E-state index in [0.29, 0.717) is 18.4 Å². The lowest BCUT2D eigenvalue weighted by atomic mass is 9.90. The SMILES string of the molecule is CC(=O)O[C@H](COc1cccc2ncccc12)C(C)N1CCN(C2c3ccccc3C3CC3c3ccccc32)CC1. The number of rotatable bonds is 7. The molecule has 0 radical (unpaired) electrons. The van der Waals surface area contributed by atoms with Crippen LogP contribution in [0.1, 0.15) is 60.4 Å². The van der Waals surface area contributed by atoms with Crippen molar-refractivity contribution in [1.82, 2.24) is 14.8 Å². The molecule has 3 aliphatic rings. The van der Waals surface area contributed by atoms with Gasteiger partial charge >= 0.3 is 5.97 Å². The molecular formula is C35H37N3O3. The number of carbonyl (C=O) groups is 1. The summed E-state index contributed by atoms with van der Waals surface area (Å²) in [7, 11) is 0. The Morgan fingerprint density at radius 3 is 2.17 bits per heavy atom. The van der Waals surface area contributed by atoms with Gasteiger partial charge in [0.1, 0.15) is 12.4 Å². The third-order valence-corrected chi connectivity index (χ3v) is 9.32. The maximum atomic E-state index is 12.1. The Kier molecular flexibility index (Phi) is 6.97. The zero-order valence-corrected chi connectivity index (χ0v) is 23.8. The van der Waals surface area contributed by atoms with E-state index in [2.05, 4.69) is 70.2 Å². The van der Waals surface area contributed by atoms with E-state index in [0.717, 1.165) is 42.8 Å². The van der Waals surface area contributed by atoms with E-state index in [4.69, 9.17) is 9.47 Å². The van der Waals surface area contributed by atoms with Crippen molar-refractivity contribution in [3.63, 3.8) is 0 Å². The molecule has 6 nitrogen and oxygen atoms in total. The Hall–Kier alpha value is -3.74. The first-order chi connectivity index (χ1) is 20.1. The van der Waals surface area contributed by atoms with Crippen molar-refractivity contribution in [2.45, 2.75) is 50.3 Å². The van der Waals surface area contributed by atoms with Crippen LogP contribution >= 0.6 is 0 Å². The van der Waals surface area contributed by atoms with Gasteiger partial charge in [0.05, 0.1) is 11.6 Å². The third kappa shape index (κ3) is 5.00. The van der Waals surface area contributed by atoms with Crippen LogP contribution in [0.15, 0.2) is 85.1 Å². The maximum absolute atomic E-state index is 12.1. The fraction of sp³-hybridized carbons (Fsp3) is 0.371. The molecule has 2 heterocycles. The molecule has 6 heteroatoms. The van der Waals surface area contributed by atoms with Gasteiger partial charge in [-0.1, -0.05) is 54.6 Å². The second kappa shape index (κ2) is 10.9. The number of benzene rings is 3. The van der Waals surface area contributed by atoms with Crippen LogP contribution in [-0.4, -0.2) is 65.7 Å². The second-order valence-corrected chi connectivity index (χ2v) is 11.7. The number of carbonyl (C=O) groups excluding carboxylic acids is 1. The lowest BCUT2D eigenvalue weighted by Crippen LogP contribution is -2.55. The number of esters is 1. The quantitative estimate of drug-likeness (QED) is 0.268. The molecule has 0 N–H and O–H groups in total. The average Bonchev–Trinajstić information content (AvgIpc) is 3.81. The van der Waals surface area contributed by atoms with Gasteiger partial charge < -0.3 is 9.47 Å². The van der Waals surface area contributed by atoms with E-state index < -0.39 is 0 Å². The number of fused-ring (bicyclic) bond motifs is 6. The van der Waals surface area contributed by atoms with Gasteiger partial charge in [0, 0.05) is 50.7 Å². The minimum absolute atomic E-state index is 0.0236. The summed E-state index contributed by atoms with van der Waals surface area (Å²) in [6.45, 7) is 7.65. The topological polar surface area (TPSA) is 54.9 Å². The van der Waals surface area contributed by atoms with Gasteiger partial charge in [-0.15, -0.1) is 0 Å². The highest BCUT2D eigenvalue weighted by Gasteiger charge is 2.46. The lowest BCUT2D eigenvalue weighted by Gasteiger charge is -2.43. The highest BCUT2D eigenvalue weighted by Crippen LogP contribution is 2.60.